The van der Waals surface area contributed by atoms with Crippen LogP contribution >= 0.6 is 0 Å². The summed E-state index contributed by atoms with van der Waals surface area (Å²) in [6, 6.07) is 59.3. The van der Waals surface area contributed by atoms with Crippen molar-refractivity contribution in [3.63, 3.8) is 0 Å². The number of allylic oxidation sites excluding steroid dienone is 4. The molecule has 254 valence electrons. The van der Waals surface area contributed by atoms with E-state index < -0.39 is 0 Å². The molecule has 8 aromatic rings. The lowest BCUT2D eigenvalue weighted by atomic mass is 9.78. The summed E-state index contributed by atoms with van der Waals surface area (Å²) in [5.74, 6) is 0. The van der Waals surface area contributed by atoms with Gasteiger partial charge in [0.15, 0.2) is 0 Å². The maximum atomic E-state index is 6.23. The highest BCUT2D eigenvalue weighted by Gasteiger charge is 2.37. The first-order chi connectivity index (χ1) is 26.0. The lowest BCUT2D eigenvalue weighted by Gasteiger charge is -2.27. The van der Waals surface area contributed by atoms with Crippen LogP contribution in [-0.2, 0) is 5.41 Å². The third kappa shape index (κ3) is 5.33. The van der Waals surface area contributed by atoms with Crippen molar-refractivity contribution in [2.45, 2.75) is 32.1 Å². The summed E-state index contributed by atoms with van der Waals surface area (Å²) in [7, 11) is 0. The third-order valence-electron chi connectivity index (χ3n) is 11.4. The Hall–Kier alpha value is -6.38. The number of para-hydroxylation sites is 1. The van der Waals surface area contributed by atoms with E-state index in [1.54, 1.807) is 5.57 Å². The van der Waals surface area contributed by atoms with E-state index in [9.17, 15) is 0 Å². The van der Waals surface area contributed by atoms with Gasteiger partial charge in [-0.3, -0.25) is 0 Å². The molecule has 0 spiro atoms. The van der Waals surface area contributed by atoms with Crippen molar-refractivity contribution in [1.29, 1.82) is 0 Å². The van der Waals surface area contributed by atoms with Gasteiger partial charge in [-0.1, -0.05) is 135 Å². The van der Waals surface area contributed by atoms with Crippen LogP contribution < -0.4 is 4.90 Å². The molecule has 2 aliphatic carbocycles. The van der Waals surface area contributed by atoms with Crippen molar-refractivity contribution in [2.75, 3.05) is 4.90 Å². The number of furan rings is 1. The third-order valence-corrected chi connectivity index (χ3v) is 11.4. The van der Waals surface area contributed by atoms with E-state index in [1.807, 2.05) is 12.1 Å². The summed E-state index contributed by atoms with van der Waals surface area (Å²) in [5.41, 5.74) is 18.2. The molecular formula is C51H39NO. The lowest BCUT2D eigenvalue weighted by molar-refractivity contribution is 0.607. The van der Waals surface area contributed by atoms with E-state index in [0.717, 1.165) is 63.0 Å². The molecule has 0 amide bonds. The highest BCUT2D eigenvalue weighted by Crippen LogP contribution is 2.51. The first kappa shape index (κ1) is 31.4. The van der Waals surface area contributed by atoms with Crippen molar-refractivity contribution in [3.05, 3.63) is 193 Å². The minimum absolute atomic E-state index is 0.0719. The van der Waals surface area contributed by atoms with Crippen LogP contribution in [0.15, 0.2) is 186 Å². The summed E-state index contributed by atoms with van der Waals surface area (Å²) in [6.07, 6.45) is 6.96. The molecule has 7 aromatic carbocycles. The largest absolute Gasteiger partial charge is 0.456 e. The topological polar surface area (TPSA) is 16.4 Å². The second kappa shape index (κ2) is 12.4. The van der Waals surface area contributed by atoms with Crippen LogP contribution in [0.1, 0.15) is 37.8 Å². The summed E-state index contributed by atoms with van der Waals surface area (Å²) in [6.45, 7) is 4.77. The van der Waals surface area contributed by atoms with Gasteiger partial charge in [-0.2, -0.15) is 0 Å². The zero-order valence-electron chi connectivity index (χ0n) is 30.0. The maximum absolute atomic E-state index is 6.23. The van der Waals surface area contributed by atoms with Crippen molar-refractivity contribution >= 4 is 44.6 Å². The first-order valence-electron chi connectivity index (χ1n) is 18.6. The summed E-state index contributed by atoms with van der Waals surface area (Å²) in [4.78, 5) is 2.37. The van der Waals surface area contributed by atoms with Crippen molar-refractivity contribution in [1.82, 2.24) is 0 Å². The average Bonchev–Trinajstić information content (AvgIpc) is 3.70. The fourth-order valence-corrected chi connectivity index (χ4v) is 8.63. The molecule has 1 aromatic heterocycles. The molecule has 0 atom stereocenters. The second-order valence-electron chi connectivity index (χ2n) is 14.9. The number of rotatable bonds is 6. The zero-order valence-corrected chi connectivity index (χ0v) is 30.0. The molecule has 0 aliphatic heterocycles. The summed E-state index contributed by atoms with van der Waals surface area (Å²) >= 11 is 0. The SMILES string of the molecule is CC1(C)C2=C(C=CCC2)c2cc(-c3cccc(N(c4ccc(-c5ccccc5)cc4)c4ccc(-c5ccc6c(c5)oc5ccccc56)cc4)c3)ccc21. The Morgan fingerprint density at radius 2 is 1.09 bits per heavy atom. The van der Waals surface area contributed by atoms with E-state index in [-0.39, 0.29) is 5.41 Å². The number of hydrogen-bond acceptors (Lipinski definition) is 2. The van der Waals surface area contributed by atoms with E-state index in [1.165, 1.54) is 39.0 Å². The van der Waals surface area contributed by atoms with Gasteiger partial charge in [0.2, 0.25) is 0 Å². The Balaban J connectivity index is 1.04. The fourth-order valence-electron chi connectivity index (χ4n) is 8.63. The highest BCUT2D eigenvalue weighted by molar-refractivity contribution is 6.06. The van der Waals surface area contributed by atoms with E-state index in [4.69, 9.17) is 4.42 Å². The van der Waals surface area contributed by atoms with Gasteiger partial charge in [-0.25, -0.2) is 0 Å². The van der Waals surface area contributed by atoms with Crippen LogP contribution in [0.2, 0.25) is 0 Å². The zero-order chi connectivity index (χ0) is 35.5. The van der Waals surface area contributed by atoms with Gasteiger partial charge >= 0.3 is 0 Å². The van der Waals surface area contributed by atoms with Crippen LogP contribution in [0, 0.1) is 0 Å². The Bertz CT molecular complexity index is 2730. The molecule has 1 heterocycles. The molecule has 2 heteroatoms. The Labute approximate surface area is 311 Å². The summed E-state index contributed by atoms with van der Waals surface area (Å²) in [5, 5.41) is 2.29. The Kier molecular flexibility index (Phi) is 7.33. The molecule has 0 saturated heterocycles. The maximum Gasteiger partial charge on any atom is 0.136 e. The monoisotopic (exact) mass is 681 g/mol. The normalized spacial score (nSPS) is 14.5. The molecule has 2 aliphatic rings. The van der Waals surface area contributed by atoms with Crippen molar-refractivity contribution in [3.8, 4) is 33.4 Å². The molecule has 10 rings (SSSR count). The number of nitrogens with zero attached hydrogens (tertiary/aromatic N) is 1. The second-order valence-corrected chi connectivity index (χ2v) is 14.9. The Morgan fingerprint density at radius 3 is 1.89 bits per heavy atom. The van der Waals surface area contributed by atoms with Crippen LogP contribution in [0.3, 0.4) is 0 Å². The Morgan fingerprint density at radius 1 is 0.491 bits per heavy atom. The molecule has 0 bridgehead atoms. The molecule has 0 unspecified atom stereocenters. The van der Waals surface area contributed by atoms with Gasteiger partial charge in [-0.05, 0) is 124 Å². The van der Waals surface area contributed by atoms with Gasteiger partial charge in [-0.15, -0.1) is 0 Å². The minimum Gasteiger partial charge on any atom is -0.456 e. The van der Waals surface area contributed by atoms with Gasteiger partial charge in [0.05, 0.1) is 0 Å². The number of hydrogen-bond donors (Lipinski definition) is 0. The van der Waals surface area contributed by atoms with Gasteiger partial charge in [0.1, 0.15) is 11.2 Å². The van der Waals surface area contributed by atoms with E-state index in [2.05, 4.69) is 183 Å². The van der Waals surface area contributed by atoms with Gasteiger partial charge in [0.25, 0.3) is 0 Å². The van der Waals surface area contributed by atoms with Crippen LogP contribution in [0.25, 0.3) is 60.9 Å². The number of benzene rings is 7. The van der Waals surface area contributed by atoms with Crippen molar-refractivity contribution < 1.29 is 4.42 Å². The van der Waals surface area contributed by atoms with Gasteiger partial charge in [0, 0.05) is 33.2 Å². The number of anilines is 3. The molecule has 2 nitrogen and oxygen atoms in total. The highest BCUT2D eigenvalue weighted by atomic mass is 16.3. The quantitative estimate of drug-likeness (QED) is 0.174. The molecular weight excluding hydrogens is 643 g/mol. The molecule has 0 fully saturated rings. The van der Waals surface area contributed by atoms with Gasteiger partial charge < -0.3 is 9.32 Å². The predicted molar refractivity (Wildman–Crippen MR) is 223 cm³/mol. The van der Waals surface area contributed by atoms with Crippen LogP contribution in [-0.4, -0.2) is 0 Å². The fraction of sp³-hybridized carbons (Fsp3) is 0.0980. The summed E-state index contributed by atoms with van der Waals surface area (Å²) < 4.78 is 6.23. The molecule has 0 radical (unpaired) electrons. The minimum atomic E-state index is 0.0719. The standard InChI is InChI=1S/C51H39NO/c1-51(2)47-17-8-6-15-43(47)46-32-38(24-30-48(46)51)37-13-10-14-42(31-37)52(40-25-19-35(20-26-40)34-11-4-3-5-12-34)41-27-21-36(22-28-41)39-23-29-45-44-16-7-9-18-49(44)53-50(45)33-39/h3-7,9-16,18-33H,8,17H2,1-2H3. The number of fused-ring (bicyclic) bond motifs is 5. The van der Waals surface area contributed by atoms with Crippen molar-refractivity contribution in [2.24, 2.45) is 0 Å². The molecule has 53 heavy (non-hydrogen) atoms. The van der Waals surface area contributed by atoms with Crippen LogP contribution in [0.4, 0.5) is 17.1 Å². The molecule has 0 N–H and O–H groups in total. The predicted octanol–water partition coefficient (Wildman–Crippen LogP) is 14.5. The lowest BCUT2D eigenvalue weighted by Crippen LogP contribution is -2.17. The van der Waals surface area contributed by atoms with E-state index in [0.29, 0.717) is 0 Å². The smallest absolute Gasteiger partial charge is 0.136 e. The molecule has 0 saturated carbocycles. The first-order valence-corrected chi connectivity index (χ1v) is 18.6. The van der Waals surface area contributed by atoms with E-state index >= 15 is 0 Å². The van der Waals surface area contributed by atoms with Crippen LogP contribution in [0.5, 0.6) is 0 Å². The average molecular weight is 682 g/mol.